The molecule has 5 nitrogen and oxygen atoms in total. The lowest BCUT2D eigenvalue weighted by molar-refractivity contribution is -0.142. The van der Waals surface area contributed by atoms with Gasteiger partial charge in [-0.1, -0.05) is 19.1 Å². The molecule has 0 saturated carbocycles. The smallest absolute Gasteiger partial charge is 0.309 e. The molecule has 5 heteroatoms. The van der Waals surface area contributed by atoms with Crippen molar-refractivity contribution in [2.45, 2.75) is 38.8 Å². The maximum atomic E-state index is 12.2. The number of methoxy groups -OCH3 is 1. The fourth-order valence-electron chi connectivity index (χ4n) is 2.89. The molecule has 1 N–H and O–H groups in total. The Morgan fingerprint density at radius 1 is 1.43 bits per heavy atom. The van der Waals surface area contributed by atoms with Gasteiger partial charge in [0.05, 0.1) is 19.1 Å². The van der Waals surface area contributed by atoms with Crippen LogP contribution in [0.4, 0.5) is 0 Å². The van der Waals surface area contributed by atoms with Gasteiger partial charge in [0.25, 0.3) is 0 Å². The summed E-state index contributed by atoms with van der Waals surface area (Å²) in [6.07, 6.45) is 0.862. The second-order valence-electron chi connectivity index (χ2n) is 5.43. The molecule has 3 atom stereocenters. The third kappa shape index (κ3) is 2.86. The summed E-state index contributed by atoms with van der Waals surface area (Å²) in [5.41, 5.74) is 0.842. The number of ether oxygens (including phenoxy) is 1. The Hall–Kier alpha value is -2.04. The molecule has 0 aromatic heterocycles. The van der Waals surface area contributed by atoms with Crippen LogP contribution in [0.25, 0.3) is 0 Å². The molecule has 21 heavy (non-hydrogen) atoms. The number of hydrogen-bond acceptors (Lipinski definition) is 3. The number of hydrogen-bond donors (Lipinski definition) is 1. The molecule has 0 spiro atoms. The molecular weight excluding hydrogens is 270 g/mol. The molecule has 0 bridgehead atoms. The van der Waals surface area contributed by atoms with Gasteiger partial charge in [-0.05, 0) is 31.0 Å². The molecule has 1 fully saturated rings. The van der Waals surface area contributed by atoms with Crippen LogP contribution in [-0.2, 0) is 9.59 Å². The second-order valence-corrected chi connectivity index (χ2v) is 5.43. The van der Waals surface area contributed by atoms with E-state index in [1.807, 2.05) is 26.0 Å². The highest BCUT2D eigenvalue weighted by molar-refractivity contribution is 5.87. The maximum Gasteiger partial charge on any atom is 0.309 e. The molecule has 1 aliphatic heterocycles. The van der Waals surface area contributed by atoms with Crippen molar-refractivity contribution in [1.82, 2.24) is 4.90 Å². The number of carboxylic acid groups (broad SMARTS) is 1. The number of nitrogens with zero attached hydrogens (tertiary/aromatic N) is 1. The van der Waals surface area contributed by atoms with Crippen LogP contribution < -0.4 is 4.74 Å². The summed E-state index contributed by atoms with van der Waals surface area (Å²) in [6, 6.07) is 6.89. The summed E-state index contributed by atoms with van der Waals surface area (Å²) < 4.78 is 5.13. The average molecular weight is 291 g/mol. The molecule has 0 radical (unpaired) electrons. The molecular formula is C16H21NO4. The van der Waals surface area contributed by atoms with Gasteiger partial charge in [0.1, 0.15) is 5.75 Å². The molecule has 1 saturated heterocycles. The minimum Gasteiger partial charge on any atom is -0.497 e. The fraction of sp³-hybridized carbons (Fsp3) is 0.500. The molecule has 1 heterocycles. The van der Waals surface area contributed by atoms with E-state index in [1.165, 1.54) is 0 Å². The van der Waals surface area contributed by atoms with Crippen molar-refractivity contribution in [3.63, 3.8) is 0 Å². The number of likely N-dealkylation sites (tertiary alicyclic amines) is 1. The van der Waals surface area contributed by atoms with Crippen molar-refractivity contribution in [3.05, 3.63) is 29.8 Å². The Labute approximate surface area is 124 Å². The molecule has 0 aliphatic carbocycles. The number of amides is 1. The molecule has 1 aromatic rings. The first-order valence-electron chi connectivity index (χ1n) is 7.17. The SMILES string of the molecule is CCC(C)N1C(=O)CC(C(=O)O)C1c1ccc(OC)cc1. The fourth-order valence-corrected chi connectivity index (χ4v) is 2.89. The summed E-state index contributed by atoms with van der Waals surface area (Å²) in [6.45, 7) is 3.95. The normalized spacial score (nSPS) is 23.2. The summed E-state index contributed by atoms with van der Waals surface area (Å²) in [5.74, 6) is -0.988. The first-order chi connectivity index (χ1) is 9.99. The van der Waals surface area contributed by atoms with Crippen molar-refractivity contribution < 1.29 is 19.4 Å². The van der Waals surface area contributed by atoms with Crippen LogP contribution in [-0.4, -0.2) is 35.0 Å². The highest BCUT2D eigenvalue weighted by Gasteiger charge is 2.46. The number of carbonyl (C=O) groups is 2. The highest BCUT2D eigenvalue weighted by atomic mass is 16.5. The maximum absolute atomic E-state index is 12.2. The molecule has 2 rings (SSSR count). The third-order valence-electron chi connectivity index (χ3n) is 4.20. The number of benzene rings is 1. The lowest BCUT2D eigenvalue weighted by Crippen LogP contribution is -2.37. The van der Waals surface area contributed by atoms with E-state index in [1.54, 1.807) is 24.1 Å². The van der Waals surface area contributed by atoms with E-state index >= 15 is 0 Å². The number of carboxylic acids is 1. The van der Waals surface area contributed by atoms with Crippen LogP contribution in [0.15, 0.2) is 24.3 Å². The van der Waals surface area contributed by atoms with E-state index in [0.29, 0.717) is 5.75 Å². The first kappa shape index (κ1) is 15.4. The molecule has 114 valence electrons. The van der Waals surface area contributed by atoms with Gasteiger partial charge in [0.15, 0.2) is 0 Å². The van der Waals surface area contributed by atoms with E-state index in [0.717, 1.165) is 12.0 Å². The Bertz CT molecular complexity index is 526. The van der Waals surface area contributed by atoms with E-state index < -0.39 is 17.9 Å². The summed E-state index contributed by atoms with van der Waals surface area (Å²) in [4.78, 5) is 25.5. The van der Waals surface area contributed by atoms with Crippen LogP contribution in [0.3, 0.4) is 0 Å². The lowest BCUT2D eigenvalue weighted by Gasteiger charge is -2.32. The van der Waals surface area contributed by atoms with Crippen LogP contribution in [0.1, 0.15) is 38.3 Å². The zero-order valence-corrected chi connectivity index (χ0v) is 12.6. The van der Waals surface area contributed by atoms with E-state index in [2.05, 4.69) is 0 Å². The van der Waals surface area contributed by atoms with Gasteiger partial charge in [0, 0.05) is 12.5 Å². The van der Waals surface area contributed by atoms with Gasteiger partial charge in [-0.15, -0.1) is 0 Å². The standard InChI is InChI=1S/C16H21NO4/c1-4-10(2)17-14(18)9-13(16(19)20)15(17)11-5-7-12(21-3)8-6-11/h5-8,10,13,15H,4,9H2,1-3H3,(H,19,20). The summed E-state index contributed by atoms with van der Waals surface area (Å²) >= 11 is 0. The summed E-state index contributed by atoms with van der Waals surface area (Å²) in [5, 5.41) is 9.43. The molecule has 1 aromatic carbocycles. The average Bonchev–Trinajstić information content (AvgIpc) is 2.84. The topological polar surface area (TPSA) is 66.8 Å². The van der Waals surface area contributed by atoms with Crippen LogP contribution in [0, 0.1) is 5.92 Å². The van der Waals surface area contributed by atoms with E-state index in [9.17, 15) is 14.7 Å². The minimum absolute atomic E-state index is 0.0222. The Kier molecular flexibility index (Phi) is 4.50. The van der Waals surface area contributed by atoms with Crippen molar-refractivity contribution in [2.75, 3.05) is 7.11 Å². The van der Waals surface area contributed by atoms with Crippen LogP contribution in [0.5, 0.6) is 5.75 Å². The lowest BCUT2D eigenvalue weighted by atomic mass is 9.93. The zero-order valence-electron chi connectivity index (χ0n) is 12.6. The number of aliphatic carboxylic acids is 1. The monoisotopic (exact) mass is 291 g/mol. The minimum atomic E-state index is -0.921. The van der Waals surface area contributed by atoms with Crippen molar-refractivity contribution in [2.24, 2.45) is 5.92 Å². The highest BCUT2D eigenvalue weighted by Crippen LogP contribution is 2.40. The second kappa shape index (κ2) is 6.16. The van der Waals surface area contributed by atoms with Gasteiger partial charge in [-0.2, -0.15) is 0 Å². The van der Waals surface area contributed by atoms with Gasteiger partial charge in [0.2, 0.25) is 5.91 Å². The van der Waals surface area contributed by atoms with Gasteiger partial charge < -0.3 is 14.7 Å². The summed E-state index contributed by atoms with van der Waals surface area (Å²) in [7, 11) is 1.58. The van der Waals surface area contributed by atoms with Crippen molar-refractivity contribution in [3.8, 4) is 5.75 Å². The van der Waals surface area contributed by atoms with Gasteiger partial charge >= 0.3 is 5.97 Å². The number of rotatable bonds is 5. The quantitative estimate of drug-likeness (QED) is 0.905. The molecule has 3 unspecified atom stereocenters. The molecule has 1 amide bonds. The van der Waals surface area contributed by atoms with Crippen molar-refractivity contribution >= 4 is 11.9 Å². The van der Waals surface area contributed by atoms with Crippen molar-refractivity contribution in [1.29, 1.82) is 0 Å². The van der Waals surface area contributed by atoms with Gasteiger partial charge in [-0.3, -0.25) is 9.59 Å². The van der Waals surface area contributed by atoms with E-state index in [-0.39, 0.29) is 18.4 Å². The van der Waals surface area contributed by atoms with Crippen LogP contribution in [0.2, 0.25) is 0 Å². The predicted molar refractivity (Wildman–Crippen MR) is 78.1 cm³/mol. The Balaban J connectivity index is 2.40. The Morgan fingerprint density at radius 3 is 2.52 bits per heavy atom. The first-order valence-corrected chi connectivity index (χ1v) is 7.17. The Morgan fingerprint density at radius 2 is 2.05 bits per heavy atom. The molecule has 1 aliphatic rings. The van der Waals surface area contributed by atoms with E-state index in [4.69, 9.17) is 4.74 Å². The van der Waals surface area contributed by atoms with Gasteiger partial charge in [-0.25, -0.2) is 0 Å². The largest absolute Gasteiger partial charge is 0.497 e. The number of carbonyl (C=O) groups excluding carboxylic acids is 1. The van der Waals surface area contributed by atoms with Crippen LogP contribution >= 0.6 is 0 Å². The predicted octanol–water partition coefficient (Wildman–Crippen LogP) is 2.47. The third-order valence-corrected chi connectivity index (χ3v) is 4.20. The zero-order chi connectivity index (χ0) is 15.6.